The van der Waals surface area contributed by atoms with Crippen LogP contribution >= 0.6 is 11.6 Å². The minimum Gasteiger partial charge on any atom is -0.494 e. The number of benzene rings is 1. The minimum absolute atomic E-state index is 0.494. The molecule has 118 valence electrons. The summed E-state index contributed by atoms with van der Waals surface area (Å²) in [7, 11) is 0. The van der Waals surface area contributed by atoms with Crippen LogP contribution in [0.2, 0.25) is 5.02 Å². The van der Waals surface area contributed by atoms with Crippen LogP contribution in [0.4, 0.5) is 0 Å². The topological polar surface area (TPSA) is 12.5 Å². The first-order valence-corrected chi connectivity index (χ1v) is 8.68. The molecule has 0 spiro atoms. The Kier molecular flexibility index (Phi) is 6.38. The highest BCUT2D eigenvalue weighted by Crippen LogP contribution is 2.36. The molecule has 0 bridgehead atoms. The number of rotatable bonds is 7. The molecule has 0 amide bonds. The second kappa shape index (κ2) is 8.05. The molecule has 0 unspecified atom stereocenters. The van der Waals surface area contributed by atoms with Crippen LogP contribution < -0.4 is 4.74 Å². The van der Waals surface area contributed by atoms with Gasteiger partial charge in [0.15, 0.2) is 0 Å². The van der Waals surface area contributed by atoms with Crippen LogP contribution in [0.25, 0.3) is 0 Å². The molecule has 0 aliphatic carbocycles. The fourth-order valence-electron chi connectivity index (χ4n) is 3.21. The normalized spacial score (nSPS) is 18.7. The number of hydrogen-bond acceptors (Lipinski definition) is 2. The standard InChI is InChI=1S/C18H28ClNO/c1-4-14(3)17(13-20-10-6-7-11-20)16-12-15(19)8-9-18(16)21-5-2/h8-9,12,14,17H,4-7,10-11,13H2,1-3H3/t14-,17-/m1/s1. The summed E-state index contributed by atoms with van der Waals surface area (Å²) in [5.41, 5.74) is 1.28. The van der Waals surface area contributed by atoms with Crippen LogP contribution in [0, 0.1) is 5.92 Å². The molecule has 1 heterocycles. The van der Waals surface area contributed by atoms with E-state index in [1.807, 2.05) is 19.1 Å². The molecule has 3 heteroatoms. The highest BCUT2D eigenvalue weighted by Gasteiger charge is 2.25. The molecule has 2 nitrogen and oxygen atoms in total. The smallest absolute Gasteiger partial charge is 0.122 e. The van der Waals surface area contributed by atoms with Crippen molar-refractivity contribution in [3.8, 4) is 5.75 Å². The molecule has 2 rings (SSSR count). The van der Waals surface area contributed by atoms with Crippen LogP contribution in [-0.4, -0.2) is 31.1 Å². The largest absolute Gasteiger partial charge is 0.494 e. The van der Waals surface area contributed by atoms with E-state index < -0.39 is 0 Å². The fraction of sp³-hybridized carbons (Fsp3) is 0.667. The summed E-state index contributed by atoms with van der Waals surface area (Å²) in [5, 5.41) is 0.808. The van der Waals surface area contributed by atoms with Gasteiger partial charge in [-0.05, 0) is 57.0 Å². The Morgan fingerprint density at radius 3 is 2.57 bits per heavy atom. The average Bonchev–Trinajstić information content (AvgIpc) is 2.99. The third-order valence-electron chi connectivity index (χ3n) is 4.66. The van der Waals surface area contributed by atoms with E-state index in [9.17, 15) is 0 Å². The van der Waals surface area contributed by atoms with E-state index in [4.69, 9.17) is 16.3 Å². The Bertz CT molecular complexity index is 443. The van der Waals surface area contributed by atoms with Crippen molar-refractivity contribution in [2.75, 3.05) is 26.2 Å². The first kappa shape index (κ1) is 16.6. The molecule has 1 saturated heterocycles. The Labute approximate surface area is 134 Å². The lowest BCUT2D eigenvalue weighted by molar-refractivity contribution is 0.265. The van der Waals surface area contributed by atoms with Crippen LogP contribution in [-0.2, 0) is 0 Å². The van der Waals surface area contributed by atoms with E-state index in [0.29, 0.717) is 18.4 Å². The maximum atomic E-state index is 6.26. The minimum atomic E-state index is 0.494. The van der Waals surface area contributed by atoms with Gasteiger partial charge < -0.3 is 9.64 Å². The van der Waals surface area contributed by atoms with Gasteiger partial charge in [0.2, 0.25) is 0 Å². The molecular weight excluding hydrogens is 282 g/mol. The summed E-state index contributed by atoms with van der Waals surface area (Å²) in [6.07, 6.45) is 3.85. The zero-order chi connectivity index (χ0) is 15.2. The first-order valence-electron chi connectivity index (χ1n) is 8.30. The molecule has 1 aromatic rings. The fourth-order valence-corrected chi connectivity index (χ4v) is 3.39. The van der Waals surface area contributed by atoms with Gasteiger partial charge in [0.1, 0.15) is 5.75 Å². The monoisotopic (exact) mass is 309 g/mol. The zero-order valence-corrected chi connectivity index (χ0v) is 14.3. The lowest BCUT2D eigenvalue weighted by atomic mass is 9.84. The number of halogens is 1. The lowest BCUT2D eigenvalue weighted by Gasteiger charge is -2.29. The average molecular weight is 310 g/mol. The summed E-state index contributed by atoms with van der Waals surface area (Å²) in [6, 6.07) is 6.07. The number of likely N-dealkylation sites (tertiary alicyclic amines) is 1. The second-order valence-corrected chi connectivity index (χ2v) is 6.55. The summed E-state index contributed by atoms with van der Waals surface area (Å²) < 4.78 is 5.85. The number of hydrogen-bond donors (Lipinski definition) is 0. The Morgan fingerprint density at radius 1 is 1.24 bits per heavy atom. The molecule has 0 saturated carbocycles. The van der Waals surface area contributed by atoms with E-state index in [1.165, 1.54) is 37.9 Å². The van der Waals surface area contributed by atoms with Gasteiger partial charge in [-0.3, -0.25) is 0 Å². The highest BCUT2D eigenvalue weighted by atomic mass is 35.5. The molecule has 21 heavy (non-hydrogen) atoms. The van der Waals surface area contributed by atoms with Crippen LogP contribution in [0.5, 0.6) is 5.75 Å². The van der Waals surface area contributed by atoms with Gasteiger partial charge in [-0.15, -0.1) is 0 Å². The summed E-state index contributed by atoms with van der Waals surface area (Å²) in [6.45, 7) is 10.9. The van der Waals surface area contributed by atoms with Crippen molar-refractivity contribution >= 4 is 11.6 Å². The van der Waals surface area contributed by atoms with Gasteiger partial charge in [-0.2, -0.15) is 0 Å². The van der Waals surface area contributed by atoms with Crippen molar-refractivity contribution in [2.24, 2.45) is 5.92 Å². The maximum Gasteiger partial charge on any atom is 0.122 e. The third-order valence-corrected chi connectivity index (χ3v) is 4.89. The number of ether oxygens (including phenoxy) is 1. The highest BCUT2D eigenvalue weighted by molar-refractivity contribution is 6.30. The summed E-state index contributed by atoms with van der Waals surface area (Å²) >= 11 is 6.26. The second-order valence-electron chi connectivity index (χ2n) is 6.11. The van der Waals surface area contributed by atoms with Crippen molar-refractivity contribution < 1.29 is 4.74 Å². The molecule has 1 aromatic carbocycles. The summed E-state index contributed by atoms with van der Waals surface area (Å²) in [4.78, 5) is 2.59. The Balaban J connectivity index is 2.27. The quantitative estimate of drug-likeness (QED) is 0.705. The molecule has 1 aliphatic heterocycles. The molecule has 1 aliphatic rings. The Morgan fingerprint density at radius 2 is 1.95 bits per heavy atom. The van der Waals surface area contributed by atoms with Gasteiger partial charge >= 0.3 is 0 Å². The molecule has 2 atom stereocenters. The van der Waals surface area contributed by atoms with Crippen molar-refractivity contribution in [3.05, 3.63) is 28.8 Å². The number of nitrogens with zero attached hydrogens (tertiary/aromatic N) is 1. The van der Waals surface area contributed by atoms with Crippen molar-refractivity contribution in [3.63, 3.8) is 0 Å². The summed E-state index contributed by atoms with van der Waals surface area (Å²) in [5.74, 6) is 2.13. The predicted octanol–water partition coefficient (Wildman–Crippen LogP) is 4.96. The van der Waals surface area contributed by atoms with Crippen molar-refractivity contribution in [1.29, 1.82) is 0 Å². The van der Waals surface area contributed by atoms with Crippen molar-refractivity contribution in [1.82, 2.24) is 4.90 Å². The van der Waals surface area contributed by atoms with Crippen LogP contribution in [0.1, 0.15) is 51.5 Å². The van der Waals surface area contributed by atoms with Gasteiger partial charge in [-0.1, -0.05) is 31.9 Å². The predicted molar refractivity (Wildman–Crippen MR) is 90.5 cm³/mol. The van der Waals surface area contributed by atoms with Crippen molar-refractivity contribution in [2.45, 2.75) is 46.0 Å². The zero-order valence-electron chi connectivity index (χ0n) is 13.6. The van der Waals surface area contributed by atoms with E-state index in [-0.39, 0.29) is 0 Å². The van der Waals surface area contributed by atoms with E-state index in [0.717, 1.165) is 17.3 Å². The van der Waals surface area contributed by atoms with Gasteiger partial charge in [0, 0.05) is 23.0 Å². The van der Waals surface area contributed by atoms with E-state index in [2.05, 4.69) is 24.8 Å². The molecule has 0 radical (unpaired) electrons. The third kappa shape index (κ3) is 4.37. The van der Waals surface area contributed by atoms with Gasteiger partial charge in [0.05, 0.1) is 6.61 Å². The van der Waals surface area contributed by atoms with Crippen LogP contribution in [0.15, 0.2) is 18.2 Å². The first-order chi connectivity index (χ1) is 10.2. The SMILES string of the molecule is CCOc1ccc(Cl)cc1[C@H](CN1CCCC1)[C@H](C)CC. The Hall–Kier alpha value is -0.730. The van der Waals surface area contributed by atoms with Gasteiger partial charge in [-0.25, -0.2) is 0 Å². The van der Waals surface area contributed by atoms with E-state index >= 15 is 0 Å². The van der Waals surface area contributed by atoms with Gasteiger partial charge in [0.25, 0.3) is 0 Å². The lowest BCUT2D eigenvalue weighted by Crippen LogP contribution is -2.29. The van der Waals surface area contributed by atoms with Crippen LogP contribution in [0.3, 0.4) is 0 Å². The molecular formula is C18H28ClNO. The molecule has 1 fully saturated rings. The van der Waals surface area contributed by atoms with E-state index in [1.54, 1.807) is 0 Å². The maximum absolute atomic E-state index is 6.26. The molecule has 0 N–H and O–H groups in total. The molecule has 0 aromatic heterocycles.